The number of nitrogens with two attached hydrogens (primary N) is 1. The predicted molar refractivity (Wildman–Crippen MR) is 116 cm³/mol. The van der Waals surface area contributed by atoms with Gasteiger partial charge in [-0.2, -0.15) is 0 Å². The Morgan fingerprint density at radius 3 is 2.50 bits per heavy atom. The zero-order valence-electron chi connectivity index (χ0n) is 16.6. The molecule has 26 heavy (non-hydrogen) atoms. The second-order valence-corrected chi connectivity index (χ2v) is 6.82. The number of allylic oxidation sites excluding steroid dienone is 9. The van der Waals surface area contributed by atoms with Crippen molar-refractivity contribution in [3.8, 4) is 0 Å². The molecular weight excluding hydrogens is 318 g/mol. The van der Waals surface area contributed by atoms with E-state index in [1.165, 1.54) is 5.57 Å². The van der Waals surface area contributed by atoms with Crippen LogP contribution in [0, 0.1) is 11.8 Å². The van der Waals surface area contributed by atoms with Gasteiger partial charge in [-0.3, -0.25) is 4.99 Å². The molecule has 1 saturated carbocycles. The summed E-state index contributed by atoms with van der Waals surface area (Å²) in [6.45, 7) is 20.1. The first-order chi connectivity index (χ1) is 12.3. The van der Waals surface area contributed by atoms with Gasteiger partial charge in [0.2, 0.25) is 0 Å². The van der Waals surface area contributed by atoms with E-state index in [9.17, 15) is 0 Å². The number of nitrogens with zero attached hydrogens (tertiary/aromatic N) is 1. The molecule has 2 unspecified atom stereocenters. The average Bonchev–Trinajstić information content (AvgIpc) is 3.36. The van der Waals surface area contributed by atoms with Crippen molar-refractivity contribution in [1.29, 1.82) is 0 Å². The van der Waals surface area contributed by atoms with Gasteiger partial charge < -0.3 is 11.1 Å². The van der Waals surface area contributed by atoms with E-state index in [2.05, 4.69) is 56.0 Å². The van der Waals surface area contributed by atoms with Crippen molar-refractivity contribution in [2.24, 2.45) is 22.6 Å². The van der Waals surface area contributed by atoms with Gasteiger partial charge in [-0.05, 0) is 51.7 Å². The van der Waals surface area contributed by atoms with Crippen LogP contribution < -0.4 is 11.1 Å². The van der Waals surface area contributed by atoms with Gasteiger partial charge in [0.15, 0.2) is 0 Å². The summed E-state index contributed by atoms with van der Waals surface area (Å²) in [6.07, 6.45) is 14.8. The van der Waals surface area contributed by atoms with E-state index < -0.39 is 0 Å². The van der Waals surface area contributed by atoms with Gasteiger partial charge in [-0.15, -0.1) is 0 Å². The van der Waals surface area contributed by atoms with E-state index in [0.29, 0.717) is 17.5 Å². The molecule has 0 aliphatic heterocycles. The Bertz CT molecular complexity index is 682. The second-order valence-electron chi connectivity index (χ2n) is 6.82. The van der Waals surface area contributed by atoms with Gasteiger partial charge in [-0.25, -0.2) is 0 Å². The SMILES string of the molecule is C=C/C(=N\C=C(\C)N)[C@@H](C)NC(=C)C1CC1/C(C)=C/C=C\C(=C)/C=C\C. The summed E-state index contributed by atoms with van der Waals surface area (Å²) in [7, 11) is 0. The van der Waals surface area contributed by atoms with Crippen LogP contribution in [0.5, 0.6) is 0 Å². The molecule has 0 aromatic rings. The molecule has 1 aliphatic carbocycles. The van der Waals surface area contributed by atoms with Gasteiger partial charge in [0, 0.05) is 23.5 Å². The lowest BCUT2D eigenvalue weighted by atomic mass is 10.1. The summed E-state index contributed by atoms with van der Waals surface area (Å²) in [5.41, 5.74) is 10.6. The largest absolute Gasteiger partial charge is 0.401 e. The molecular formula is C23H33N3. The summed E-state index contributed by atoms with van der Waals surface area (Å²) >= 11 is 0. The van der Waals surface area contributed by atoms with Crippen LogP contribution in [0.1, 0.15) is 34.1 Å². The summed E-state index contributed by atoms with van der Waals surface area (Å²) in [5.74, 6) is 1.02. The first-order valence-electron chi connectivity index (χ1n) is 9.04. The van der Waals surface area contributed by atoms with Crippen LogP contribution in [0.4, 0.5) is 0 Å². The Kier molecular flexibility index (Phi) is 8.63. The van der Waals surface area contributed by atoms with Gasteiger partial charge in [-0.1, -0.05) is 55.7 Å². The van der Waals surface area contributed by atoms with Crippen LogP contribution in [0.15, 0.2) is 89.9 Å². The van der Waals surface area contributed by atoms with Crippen LogP contribution in [0.3, 0.4) is 0 Å². The molecule has 1 rings (SSSR count). The van der Waals surface area contributed by atoms with Crippen LogP contribution in [0.25, 0.3) is 0 Å². The van der Waals surface area contributed by atoms with Gasteiger partial charge in [0.25, 0.3) is 0 Å². The minimum absolute atomic E-state index is 0.0465. The Labute approximate surface area is 159 Å². The molecule has 0 bridgehead atoms. The van der Waals surface area contributed by atoms with Crippen molar-refractivity contribution in [2.75, 3.05) is 0 Å². The van der Waals surface area contributed by atoms with Crippen molar-refractivity contribution in [1.82, 2.24) is 5.32 Å². The van der Waals surface area contributed by atoms with Gasteiger partial charge >= 0.3 is 0 Å². The average molecular weight is 352 g/mol. The third kappa shape index (κ3) is 7.14. The molecule has 140 valence electrons. The van der Waals surface area contributed by atoms with Crippen molar-refractivity contribution < 1.29 is 0 Å². The zero-order chi connectivity index (χ0) is 19.7. The minimum atomic E-state index is 0.0465. The smallest absolute Gasteiger partial charge is 0.0653 e. The maximum Gasteiger partial charge on any atom is 0.0653 e. The zero-order valence-corrected chi connectivity index (χ0v) is 16.6. The molecule has 0 aromatic carbocycles. The van der Waals surface area contributed by atoms with Gasteiger partial charge in [0.05, 0.1) is 11.8 Å². The maximum absolute atomic E-state index is 5.64. The van der Waals surface area contributed by atoms with E-state index in [-0.39, 0.29) is 6.04 Å². The molecule has 1 fully saturated rings. The normalized spacial score (nSPS) is 22.5. The number of nitrogens with one attached hydrogen (secondary N) is 1. The molecule has 0 heterocycles. The molecule has 3 atom stereocenters. The number of aliphatic imine (C=N–C) groups is 1. The number of hydrogen-bond acceptors (Lipinski definition) is 3. The highest BCUT2D eigenvalue weighted by molar-refractivity contribution is 5.99. The lowest BCUT2D eigenvalue weighted by molar-refractivity contribution is 0.694. The number of hydrogen-bond donors (Lipinski definition) is 2. The monoisotopic (exact) mass is 351 g/mol. The summed E-state index contributed by atoms with van der Waals surface area (Å²) < 4.78 is 0. The van der Waals surface area contributed by atoms with Crippen LogP contribution in [-0.2, 0) is 0 Å². The maximum atomic E-state index is 5.64. The topological polar surface area (TPSA) is 50.4 Å². The van der Waals surface area contributed by atoms with Crippen molar-refractivity contribution >= 4 is 5.71 Å². The molecule has 0 saturated heterocycles. The minimum Gasteiger partial charge on any atom is -0.401 e. The highest BCUT2D eigenvalue weighted by Crippen LogP contribution is 2.47. The highest BCUT2D eigenvalue weighted by atomic mass is 15.0. The van der Waals surface area contributed by atoms with Crippen LogP contribution in [0.2, 0.25) is 0 Å². The quantitative estimate of drug-likeness (QED) is 0.420. The fraction of sp³-hybridized carbons (Fsp3) is 0.348. The third-order valence-corrected chi connectivity index (χ3v) is 4.34. The standard InChI is InChI=1S/C23H33N3/c1-8-11-16(3)12-10-13-17(4)21-14-22(21)19(6)26-20(7)23(9-2)25-15-18(5)24/h8-13,15,20-22,26H,2-3,6,14,24H2,1,4-5,7H3/b11-8-,12-10-,17-13+,18-15-,25-23+/t20-,21?,22?/m1/s1. The van der Waals surface area contributed by atoms with Crippen LogP contribution in [-0.4, -0.2) is 11.8 Å². The van der Waals surface area contributed by atoms with E-state index in [1.54, 1.807) is 12.3 Å². The third-order valence-electron chi connectivity index (χ3n) is 4.34. The Morgan fingerprint density at radius 1 is 1.23 bits per heavy atom. The van der Waals surface area contributed by atoms with E-state index in [4.69, 9.17) is 5.73 Å². The fourth-order valence-corrected chi connectivity index (χ4v) is 2.78. The van der Waals surface area contributed by atoms with Crippen molar-refractivity contribution in [3.05, 3.63) is 84.9 Å². The second kappa shape index (κ2) is 10.4. The molecule has 3 nitrogen and oxygen atoms in total. The summed E-state index contributed by atoms with van der Waals surface area (Å²) in [5, 5.41) is 3.46. The molecule has 0 radical (unpaired) electrons. The summed E-state index contributed by atoms with van der Waals surface area (Å²) in [6, 6.07) is 0.0465. The Morgan fingerprint density at radius 2 is 1.92 bits per heavy atom. The van der Waals surface area contributed by atoms with Crippen molar-refractivity contribution in [2.45, 2.75) is 40.2 Å². The first-order valence-corrected chi connectivity index (χ1v) is 9.04. The molecule has 1 aliphatic rings. The Balaban J connectivity index is 2.60. The summed E-state index contributed by atoms with van der Waals surface area (Å²) in [4.78, 5) is 4.37. The van der Waals surface area contributed by atoms with Gasteiger partial charge in [0.1, 0.15) is 0 Å². The van der Waals surface area contributed by atoms with Crippen LogP contribution >= 0.6 is 0 Å². The Hall–Kier alpha value is -2.55. The molecule has 0 aromatic heterocycles. The van der Waals surface area contributed by atoms with Crippen molar-refractivity contribution in [3.63, 3.8) is 0 Å². The van der Waals surface area contributed by atoms with E-state index in [0.717, 1.165) is 23.4 Å². The van der Waals surface area contributed by atoms with E-state index >= 15 is 0 Å². The lowest BCUT2D eigenvalue weighted by Gasteiger charge is -2.17. The molecule has 0 amide bonds. The molecule has 3 N–H and O–H groups in total. The predicted octanol–water partition coefficient (Wildman–Crippen LogP) is 5.20. The molecule has 3 heteroatoms. The van der Waals surface area contributed by atoms with E-state index in [1.807, 2.05) is 32.1 Å². The first kappa shape index (κ1) is 21.5. The number of rotatable bonds is 10. The fourth-order valence-electron chi connectivity index (χ4n) is 2.78. The highest BCUT2D eigenvalue weighted by Gasteiger charge is 2.40. The lowest BCUT2D eigenvalue weighted by Crippen LogP contribution is -2.32. The molecule has 0 spiro atoms.